The van der Waals surface area contributed by atoms with Crippen LogP contribution < -0.4 is 4.74 Å². The number of hydrogen-bond acceptors (Lipinski definition) is 4. The third kappa shape index (κ3) is 2.11. The highest BCUT2D eigenvalue weighted by atomic mass is 35.5. The molecule has 7 heteroatoms. The smallest absolute Gasteiger partial charge is 0.173 e. The monoisotopic (exact) mass is 294 g/mol. The first-order valence-electron chi connectivity index (χ1n) is 5.39. The quantitative estimate of drug-likeness (QED) is 0.682. The summed E-state index contributed by atoms with van der Waals surface area (Å²) in [5.41, 5.74) is 1.40. The van der Waals surface area contributed by atoms with Crippen LogP contribution in [0, 0.1) is 0 Å². The number of aromatic nitrogens is 4. The van der Waals surface area contributed by atoms with Crippen molar-refractivity contribution in [1.82, 2.24) is 19.6 Å². The molecule has 0 aliphatic carbocycles. The van der Waals surface area contributed by atoms with Crippen molar-refractivity contribution >= 4 is 28.8 Å². The number of nitrogens with zero attached hydrogens (tertiary/aromatic N) is 4. The normalized spacial score (nSPS) is 10.9. The number of rotatable bonds is 2. The molecule has 0 spiro atoms. The van der Waals surface area contributed by atoms with Gasteiger partial charge < -0.3 is 4.74 Å². The molecule has 5 nitrogen and oxygen atoms in total. The van der Waals surface area contributed by atoms with Crippen LogP contribution in [0.5, 0.6) is 5.75 Å². The fourth-order valence-electron chi connectivity index (χ4n) is 1.81. The second-order valence-corrected chi connectivity index (χ2v) is 4.63. The van der Waals surface area contributed by atoms with Crippen molar-refractivity contribution in [1.29, 1.82) is 0 Å². The van der Waals surface area contributed by atoms with E-state index in [0.29, 0.717) is 27.4 Å². The lowest BCUT2D eigenvalue weighted by molar-refractivity contribution is 0.416. The molecule has 0 atom stereocenters. The SMILES string of the molecule is COc1cc(Cl)ccc1-c1nnc2cc(Cl)ncn12. The summed E-state index contributed by atoms with van der Waals surface area (Å²) < 4.78 is 7.04. The van der Waals surface area contributed by atoms with Crippen LogP contribution in [0.4, 0.5) is 0 Å². The molecule has 0 radical (unpaired) electrons. The van der Waals surface area contributed by atoms with Crippen molar-refractivity contribution in [2.45, 2.75) is 0 Å². The summed E-state index contributed by atoms with van der Waals surface area (Å²) in [6.45, 7) is 0. The molecule has 0 unspecified atom stereocenters. The van der Waals surface area contributed by atoms with E-state index in [9.17, 15) is 0 Å². The van der Waals surface area contributed by atoms with Gasteiger partial charge >= 0.3 is 0 Å². The predicted molar refractivity (Wildman–Crippen MR) is 72.8 cm³/mol. The van der Waals surface area contributed by atoms with Crippen LogP contribution in [0.3, 0.4) is 0 Å². The molecule has 0 bridgehead atoms. The van der Waals surface area contributed by atoms with E-state index in [1.165, 1.54) is 0 Å². The molecule has 0 amide bonds. The van der Waals surface area contributed by atoms with Gasteiger partial charge in [0, 0.05) is 11.1 Å². The van der Waals surface area contributed by atoms with Gasteiger partial charge in [0.05, 0.1) is 12.7 Å². The van der Waals surface area contributed by atoms with Crippen LogP contribution in [0.1, 0.15) is 0 Å². The molecule has 96 valence electrons. The van der Waals surface area contributed by atoms with Crippen LogP contribution in [-0.2, 0) is 0 Å². The van der Waals surface area contributed by atoms with Gasteiger partial charge in [-0.05, 0) is 18.2 Å². The molecule has 3 rings (SSSR count). The van der Waals surface area contributed by atoms with E-state index in [1.807, 2.05) is 6.07 Å². The summed E-state index contributed by atoms with van der Waals surface area (Å²) in [7, 11) is 1.58. The molecule has 0 aliphatic heterocycles. The standard InChI is InChI=1S/C12H8Cl2N4O/c1-19-9-4-7(13)2-3-8(9)12-17-16-11-5-10(14)15-6-18(11)12/h2-6H,1H3. The van der Waals surface area contributed by atoms with Gasteiger partial charge in [-0.1, -0.05) is 23.2 Å². The minimum absolute atomic E-state index is 0.370. The zero-order valence-electron chi connectivity index (χ0n) is 9.84. The average molecular weight is 295 g/mol. The lowest BCUT2D eigenvalue weighted by Crippen LogP contribution is -1.94. The Labute approximate surface area is 118 Å². The van der Waals surface area contributed by atoms with Gasteiger partial charge in [0.1, 0.15) is 17.2 Å². The molecule has 0 saturated heterocycles. The van der Waals surface area contributed by atoms with Gasteiger partial charge in [0.2, 0.25) is 0 Å². The maximum absolute atomic E-state index is 5.94. The number of hydrogen-bond donors (Lipinski definition) is 0. The number of fused-ring (bicyclic) bond motifs is 1. The zero-order valence-corrected chi connectivity index (χ0v) is 11.4. The topological polar surface area (TPSA) is 52.3 Å². The van der Waals surface area contributed by atoms with Crippen molar-refractivity contribution in [3.8, 4) is 17.1 Å². The second kappa shape index (κ2) is 4.68. The Hall–Kier alpha value is -1.85. The maximum Gasteiger partial charge on any atom is 0.173 e. The fourth-order valence-corrected chi connectivity index (χ4v) is 2.11. The Bertz CT molecular complexity index is 757. The van der Waals surface area contributed by atoms with E-state index in [2.05, 4.69) is 15.2 Å². The highest BCUT2D eigenvalue weighted by Gasteiger charge is 2.13. The van der Waals surface area contributed by atoms with Gasteiger partial charge in [-0.2, -0.15) is 0 Å². The molecule has 0 aliphatic rings. The second-order valence-electron chi connectivity index (χ2n) is 3.81. The Morgan fingerprint density at radius 3 is 2.79 bits per heavy atom. The van der Waals surface area contributed by atoms with Gasteiger partial charge in [0.15, 0.2) is 11.5 Å². The van der Waals surface area contributed by atoms with Crippen molar-refractivity contribution < 1.29 is 4.74 Å². The van der Waals surface area contributed by atoms with Crippen molar-refractivity contribution in [3.05, 3.63) is 40.8 Å². The Morgan fingerprint density at radius 1 is 1.16 bits per heavy atom. The minimum Gasteiger partial charge on any atom is -0.496 e. The molecule has 3 aromatic rings. The summed E-state index contributed by atoms with van der Waals surface area (Å²) in [6, 6.07) is 6.96. The van der Waals surface area contributed by atoms with E-state index < -0.39 is 0 Å². The highest BCUT2D eigenvalue weighted by Crippen LogP contribution is 2.31. The van der Waals surface area contributed by atoms with E-state index in [1.54, 1.807) is 36.0 Å². The molecule has 1 aromatic carbocycles. The third-order valence-corrected chi connectivity index (χ3v) is 3.11. The summed E-state index contributed by atoms with van der Waals surface area (Å²) in [5, 5.41) is 9.15. The van der Waals surface area contributed by atoms with Gasteiger partial charge in [-0.3, -0.25) is 4.40 Å². The molecule has 0 fully saturated rings. The molecule has 19 heavy (non-hydrogen) atoms. The molecule has 2 heterocycles. The molecular weight excluding hydrogens is 287 g/mol. The van der Waals surface area contributed by atoms with Crippen molar-refractivity contribution in [2.75, 3.05) is 7.11 Å². The first-order chi connectivity index (χ1) is 9.19. The minimum atomic E-state index is 0.370. The predicted octanol–water partition coefficient (Wildman–Crippen LogP) is 3.11. The van der Waals surface area contributed by atoms with E-state index in [4.69, 9.17) is 27.9 Å². The zero-order chi connectivity index (χ0) is 13.4. The summed E-state index contributed by atoms with van der Waals surface area (Å²) in [4.78, 5) is 4.02. The van der Waals surface area contributed by atoms with Crippen molar-refractivity contribution in [3.63, 3.8) is 0 Å². The summed E-state index contributed by atoms with van der Waals surface area (Å²) in [5.74, 6) is 1.24. The lowest BCUT2D eigenvalue weighted by Gasteiger charge is -2.07. The Balaban J connectivity index is 2.24. The van der Waals surface area contributed by atoms with E-state index in [0.717, 1.165) is 5.56 Å². The van der Waals surface area contributed by atoms with Crippen LogP contribution in [-0.4, -0.2) is 26.7 Å². The van der Waals surface area contributed by atoms with E-state index >= 15 is 0 Å². The Kier molecular flexibility index (Phi) is 3.00. The molecular formula is C12H8Cl2N4O. The maximum atomic E-state index is 5.94. The molecule has 2 aromatic heterocycles. The van der Waals surface area contributed by atoms with Gasteiger partial charge in [0.25, 0.3) is 0 Å². The summed E-state index contributed by atoms with van der Waals surface area (Å²) in [6.07, 6.45) is 1.57. The summed E-state index contributed by atoms with van der Waals surface area (Å²) >= 11 is 11.8. The number of halogens is 2. The fraction of sp³-hybridized carbons (Fsp3) is 0.0833. The number of benzene rings is 1. The lowest BCUT2D eigenvalue weighted by atomic mass is 10.2. The number of ether oxygens (including phenoxy) is 1. The van der Waals surface area contributed by atoms with Crippen LogP contribution in [0.15, 0.2) is 30.6 Å². The highest BCUT2D eigenvalue weighted by molar-refractivity contribution is 6.30. The van der Waals surface area contributed by atoms with E-state index in [-0.39, 0.29) is 0 Å². The van der Waals surface area contributed by atoms with Crippen LogP contribution >= 0.6 is 23.2 Å². The molecule has 0 saturated carbocycles. The first-order valence-corrected chi connectivity index (χ1v) is 6.15. The largest absolute Gasteiger partial charge is 0.496 e. The molecule has 0 N–H and O–H groups in total. The van der Waals surface area contributed by atoms with Gasteiger partial charge in [-0.15, -0.1) is 10.2 Å². The third-order valence-electron chi connectivity index (χ3n) is 2.67. The first kappa shape index (κ1) is 12.2. The Morgan fingerprint density at radius 2 is 2.00 bits per heavy atom. The van der Waals surface area contributed by atoms with Crippen molar-refractivity contribution in [2.24, 2.45) is 0 Å². The van der Waals surface area contributed by atoms with Crippen LogP contribution in [0.25, 0.3) is 17.0 Å². The van der Waals surface area contributed by atoms with Gasteiger partial charge in [-0.25, -0.2) is 4.98 Å². The van der Waals surface area contributed by atoms with Crippen LogP contribution in [0.2, 0.25) is 10.2 Å². The number of methoxy groups -OCH3 is 1. The average Bonchev–Trinajstić information content (AvgIpc) is 2.81.